The van der Waals surface area contributed by atoms with Gasteiger partial charge in [0.1, 0.15) is 18.2 Å². The Morgan fingerprint density at radius 3 is 2.39 bits per heavy atom. The first-order valence-corrected chi connectivity index (χ1v) is 12.1. The zero-order chi connectivity index (χ0) is 23.4. The predicted octanol–water partition coefficient (Wildman–Crippen LogP) is 6.09. The Kier molecular flexibility index (Phi) is 7.17. The smallest absolute Gasteiger partial charge is 0.232 e. The van der Waals surface area contributed by atoms with Gasteiger partial charge in [-0.05, 0) is 77.1 Å². The lowest BCUT2D eigenvalue weighted by Crippen LogP contribution is -2.31. The molecule has 33 heavy (non-hydrogen) atoms. The summed E-state index contributed by atoms with van der Waals surface area (Å²) < 4.78 is 6.01. The van der Waals surface area contributed by atoms with E-state index in [-0.39, 0.29) is 0 Å². The molecule has 0 saturated carbocycles. The van der Waals surface area contributed by atoms with Gasteiger partial charge in [0.15, 0.2) is 0 Å². The van der Waals surface area contributed by atoms with Gasteiger partial charge in [0.25, 0.3) is 0 Å². The fraction of sp³-hybridized carbons (Fsp3) is 0.429. The first-order valence-electron chi connectivity index (χ1n) is 12.1. The van der Waals surface area contributed by atoms with E-state index in [9.17, 15) is 0 Å². The molecule has 0 N–H and O–H groups in total. The molecule has 1 aromatic heterocycles. The number of nitrogens with zero attached hydrogens (tertiary/aromatic N) is 4. The number of hydrogen-bond acceptors (Lipinski definition) is 5. The minimum Gasteiger partial charge on any atom is -0.492 e. The second kappa shape index (κ2) is 10.2. The number of ether oxygens (including phenoxy) is 1. The Morgan fingerprint density at radius 1 is 0.970 bits per heavy atom. The molecule has 0 amide bonds. The van der Waals surface area contributed by atoms with Crippen LogP contribution in [0.25, 0.3) is 0 Å². The van der Waals surface area contributed by atoms with E-state index in [1.807, 2.05) is 30.3 Å². The summed E-state index contributed by atoms with van der Waals surface area (Å²) in [6.07, 6.45) is 3.36. The standard InChI is InChI=1S/C28H36N4O/c1-6-32(26-21(3)18-20(2)19-22(26)4)28-29-23(5)25-14-10-11-15-31(27(25)30-28)16-17-33-24-12-8-7-9-13-24/h7-9,12-13,18-19H,6,10-11,14-17H2,1-5H3. The van der Waals surface area contributed by atoms with Crippen LogP contribution in [0, 0.1) is 27.7 Å². The third-order valence-electron chi connectivity index (χ3n) is 6.42. The zero-order valence-corrected chi connectivity index (χ0v) is 20.7. The lowest BCUT2D eigenvalue weighted by molar-refractivity contribution is 0.323. The normalized spacial score (nSPS) is 13.4. The lowest BCUT2D eigenvalue weighted by atomic mass is 10.0. The second-order valence-electron chi connectivity index (χ2n) is 9.01. The Bertz CT molecular complexity index is 1070. The van der Waals surface area contributed by atoms with Gasteiger partial charge in [-0.25, -0.2) is 4.98 Å². The fourth-order valence-corrected chi connectivity index (χ4v) is 4.96. The fourth-order valence-electron chi connectivity index (χ4n) is 4.96. The number of benzene rings is 2. The van der Waals surface area contributed by atoms with Gasteiger partial charge in [-0.15, -0.1) is 0 Å². The third kappa shape index (κ3) is 5.13. The second-order valence-corrected chi connectivity index (χ2v) is 9.01. The summed E-state index contributed by atoms with van der Waals surface area (Å²) in [5, 5.41) is 0. The number of fused-ring (bicyclic) bond motifs is 1. The molecule has 1 aliphatic rings. The van der Waals surface area contributed by atoms with Crippen LogP contribution in [0.2, 0.25) is 0 Å². The Labute approximate surface area is 198 Å². The van der Waals surface area contributed by atoms with Crippen LogP contribution in [0.15, 0.2) is 42.5 Å². The highest BCUT2D eigenvalue weighted by molar-refractivity contribution is 5.68. The van der Waals surface area contributed by atoms with E-state index in [1.165, 1.54) is 34.4 Å². The average Bonchev–Trinajstić information content (AvgIpc) is 2.99. The number of aryl methyl sites for hydroxylation is 4. The van der Waals surface area contributed by atoms with Crippen molar-refractivity contribution in [1.82, 2.24) is 9.97 Å². The first kappa shape index (κ1) is 23.1. The molecule has 0 atom stereocenters. The Morgan fingerprint density at radius 2 is 1.70 bits per heavy atom. The summed E-state index contributed by atoms with van der Waals surface area (Å²) in [6, 6.07) is 14.5. The van der Waals surface area contributed by atoms with E-state index in [2.05, 4.69) is 56.6 Å². The quantitative estimate of drug-likeness (QED) is 0.441. The van der Waals surface area contributed by atoms with Crippen molar-refractivity contribution in [3.8, 4) is 5.75 Å². The molecule has 0 bridgehead atoms. The summed E-state index contributed by atoms with van der Waals surface area (Å²) in [5.74, 6) is 2.78. The molecule has 0 unspecified atom stereocenters. The number of rotatable bonds is 7. The van der Waals surface area contributed by atoms with Crippen molar-refractivity contribution in [3.05, 3.63) is 70.4 Å². The largest absolute Gasteiger partial charge is 0.492 e. The van der Waals surface area contributed by atoms with Crippen LogP contribution < -0.4 is 14.5 Å². The number of anilines is 3. The van der Waals surface area contributed by atoms with Crippen LogP contribution in [-0.2, 0) is 6.42 Å². The van der Waals surface area contributed by atoms with Crippen molar-refractivity contribution in [3.63, 3.8) is 0 Å². The molecule has 2 aromatic carbocycles. The predicted molar refractivity (Wildman–Crippen MR) is 137 cm³/mol. The van der Waals surface area contributed by atoms with Crippen molar-refractivity contribution < 1.29 is 4.74 Å². The molecule has 1 aliphatic heterocycles. The maximum atomic E-state index is 6.01. The molecule has 3 aromatic rings. The van der Waals surface area contributed by atoms with Gasteiger partial charge in [0.05, 0.1) is 6.54 Å². The van der Waals surface area contributed by atoms with Crippen molar-refractivity contribution in [2.24, 2.45) is 0 Å². The highest BCUT2D eigenvalue weighted by Gasteiger charge is 2.24. The van der Waals surface area contributed by atoms with Gasteiger partial charge in [-0.2, -0.15) is 4.98 Å². The van der Waals surface area contributed by atoms with E-state index < -0.39 is 0 Å². The Balaban J connectivity index is 1.66. The highest BCUT2D eigenvalue weighted by atomic mass is 16.5. The number of hydrogen-bond donors (Lipinski definition) is 0. The summed E-state index contributed by atoms with van der Waals surface area (Å²) in [6.45, 7) is 14.1. The Hall–Kier alpha value is -3.08. The third-order valence-corrected chi connectivity index (χ3v) is 6.42. The van der Waals surface area contributed by atoms with Crippen molar-refractivity contribution in [2.75, 3.05) is 36.0 Å². The van der Waals surface area contributed by atoms with Gasteiger partial charge in [-0.1, -0.05) is 35.9 Å². The minimum absolute atomic E-state index is 0.634. The maximum Gasteiger partial charge on any atom is 0.232 e. The van der Waals surface area contributed by atoms with Gasteiger partial charge in [-0.3, -0.25) is 0 Å². The van der Waals surface area contributed by atoms with Gasteiger partial charge in [0.2, 0.25) is 5.95 Å². The number of para-hydroxylation sites is 1. The number of aromatic nitrogens is 2. The van der Waals surface area contributed by atoms with E-state index in [4.69, 9.17) is 14.7 Å². The molecule has 0 radical (unpaired) electrons. The summed E-state index contributed by atoms with van der Waals surface area (Å²) in [5.41, 5.74) is 7.40. The lowest BCUT2D eigenvalue weighted by Gasteiger charge is -2.29. The van der Waals surface area contributed by atoms with E-state index in [0.29, 0.717) is 6.61 Å². The molecular weight excluding hydrogens is 408 g/mol. The molecule has 5 heteroatoms. The first-order chi connectivity index (χ1) is 16.0. The molecule has 0 spiro atoms. The van der Waals surface area contributed by atoms with E-state index >= 15 is 0 Å². The van der Waals surface area contributed by atoms with Gasteiger partial charge in [0, 0.05) is 30.0 Å². The van der Waals surface area contributed by atoms with E-state index in [0.717, 1.165) is 55.7 Å². The molecular formula is C28H36N4O. The summed E-state index contributed by atoms with van der Waals surface area (Å²) >= 11 is 0. The van der Waals surface area contributed by atoms with Crippen molar-refractivity contribution in [1.29, 1.82) is 0 Å². The highest BCUT2D eigenvalue weighted by Crippen LogP contribution is 2.34. The van der Waals surface area contributed by atoms with Crippen LogP contribution in [-0.4, -0.2) is 36.2 Å². The van der Waals surface area contributed by atoms with Crippen LogP contribution in [0.4, 0.5) is 17.5 Å². The molecule has 4 rings (SSSR count). The molecule has 0 saturated heterocycles. The topological polar surface area (TPSA) is 41.5 Å². The van der Waals surface area contributed by atoms with E-state index in [1.54, 1.807) is 0 Å². The van der Waals surface area contributed by atoms with Crippen LogP contribution in [0.5, 0.6) is 5.75 Å². The molecule has 0 fully saturated rings. The van der Waals surface area contributed by atoms with Crippen molar-refractivity contribution in [2.45, 2.75) is 53.9 Å². The average molecular weight is 445 g/mol. The molecule has 174 valence electrons. The molecule has 0 aliphatic carbocycles. The summed E-state index contributed by atoms with van der Waals surface area (Å²) in [4.78, 5) is 14.8. The van der Waals surface area contributed by atoms with Crippen molar-refractivity contribution >= 4 is 17.5 Å². The molecule has 5 nitrogen and oxygen atoms in total. The van der Waals surface area contributed by atoms with Crippen LogP contribution in [0.3, 0.4) is 0 Å². The summed E-state index contributed by atoms with van der Waals surface area (Å²) in [7, 11) is 0. The van der Waals surface area contributed by atoms with Gasteiger partial charge >= 0.3 is 0 Å². The maximum absolute atomic E-state index is 6.01. The minimum atomic E-state index is 0.634. The monoisotopic (exact) mass is 444 g/mol. The van der Waals surface area contributed by atoms with Gasteiger partial charge < -0.3 is 14.5 Å². The van der Waals surface area contributed by atoms with Crippen LogP contribution in [0.1, 0.15) is 47.7 Å². The SMILES string of the molecule is CCN(c1nc(C)c2c(n1)N(CCOc1ccccc1)CCCC2)c1c(C)cc(C)cc1C. The van der Waals surface area contributed by atoms with Crippen LogP contribution >= 0.6 is 0 Å². The zero-order valence-electron chi connectivity index (χ0n) is 20.7. The molecule has 2 heterocycles.